The highest BCUT2D eigenvalue weighted by molar-refractivity contribution is 7.99. The summed E-state index contributed by atoms with van der Waals surface area (Å²) in [7, 11) is 1.67. The summed E-state index contributed by atoms with van der Waals surface area (Å²) >= 11 is 1.70. The van der Waals surface area contributed by atoms with Gasteiger partial charge in [-0.25, -0.2) is 9.97 Å². The molecule has 8 heteroatoms. The fourth-order valence-electron chi connectivity index (χ4n) is 3.51. The Balaban J connectivity index is 1.46. The maximum absolute atomic E-state index is 6.01. The van der Waals surface area contributed by atoms with E-state index in [-0.39, 0.29) is 0 Å². The summed E-state index contributed by atoms with van der Waals surface area (Å²) in [6.07, 6.45) is 4.72. The van der Waals surface area contributed by atoms with Crippen LogP contribution in [0.3, 0.4) is 0 Å². The van der Waals surface area contributed by atoms with Crippen molar-refractivity contribution in [2.75, 3.05) is 52.3 Å². The lowest BCUT2D eigenvalue weighted by Gasteiger charge is -2.26. The molecule has 0 bridgehead atoms. The highest BCUT2D eigenvalue weighted by Crippen LogP contribution is 2.33. The van der Waals surface area contributed by atoms with Crippen molar-refractivity contribution in [3.63, 3.8) is 0 Å². The SMILES string of the molecule is CCSc1nc(-c2ccc(OCCCN3CCOCC3)c(OC)c2)cc2nccn12. The first-order valence-corrected chi connectivity index (χ1v) is 11.3. The maximum Gasteiger partial charge on any atom is 0.174 e. The molecule has 1 saturated heterocycles. The van der Waals surface area contributed by atoms with Gasteiger partial charge in [0.05, 0.1) is 32.6 Å². The second-order valence-electron chi connectivity index (χ2n) is 7.03. The summed E-state index contributed by atoms with van der Waals surface area (Å²) in [6.45, 7) is 7.46. The van der Waals surface area contributed by atoms with E-state index in [1.165, 1.54) is 0 Å². The van der Waals surface area contributed by atoms with Crippen LogP contribution in [0.1, 0.15) is 13.3 Å². The molecule has 1 aromatic carbocycles. The average molecular weight is 429 g/mol. The number of imidazole rings is 1. The molecule has 30 heavy (non-hydrogen) atoms. The predicted octanol–water partition coefficient (Wildman–Crippen LogP) is 3.62. The van der Waals surface area contributed by atoms with Gasteiger partial charge in [-0.1, -0.05) is 18.7 Å². The second-order valence-corrected chi connectivity index (χ2v) is 8.27. The Morgan fingerprint density at radius 1 is 1.17 bits per heavy atom. The molecule has 1 aliphatic rings. The fraction of sp³-hybridized carbons (Fsp3) is 0.455. The van der Waals surface area contributed by atoms with Crippen LogP contribution >= 0.6 is 11.8 Å². The topological polar surface area (TPSA) is 61.1 Å². The molecule has 2 aromatic heterocycles. The van der Waals surface area contributed by atoms with Crippen LogP contribution in [0, 0.1) is 0 Å². The molecular formula is C22H28N4O3S. The normalized spacial score (nSPS) is 14.9. The van der Waals surface area contributed by atoms with Crippen LogP contribution in [-0.4, -0.2) is 71.6 Å². The molecule has 1 aliphatic heterocycles. The summed E-state index contributed by atoms with van der Waals surface area (Å²) in [6, 6.07) is 7.98. The van der Waals surface area contributed by atoms with Gasteiger partial charge in [0.1, 0.15) is 5.65 Å². The van der Waals surface area contributed by atoms with Crippen LogP contribution in [0.2, 0.25) is 0 Å². The van der Waals surface area contributed by atoms with Crippen molar-refractivity contribution >= 4 is 17.4 Å². The molecule has 0 atom stereocenters. The van der Waals surface area contributed by atoms with Crippen LogP contribution < -0.4 is 9.47 Å². The third-order valence-corrected chi connectivity index (χ3v) is 5.90. The van der Waals surface area contributed by atoms with Gasteiger partial charge in [0.2, 0.25) is 0 Å². The van der Waals surface area contributed by atoms with Gasteiger partial charge in [0, 0.05) is 43.7 Å². The van der Waals surface area contributed by atoms with Gasteiger partial charge in [-0.3, -0.25) is 9.30 Å². The fourth-order valence-corrected chi connectivity index (χ4v) is 4.23. The van der Waals surface area contributed by atoms with E-state index in [9.17, 15) is 0 Å². The van der Waals surface area contributed by atoms with Gasteiger partial charge in [0.15, 0.2) is 16.7 Å². The van der Waals surface area contributed by atoms with Crippen molar-refractivity contribution in [3.05, 3.63) is 36.7 Å². The molecule has 0 N–H and O–H groups in total. The number of thioether (sulfide) groups is 1. The first-order valence-electron chi connectivity index (χ1n) is 10.4. The van der Waals surface area contributed by atoms with Gasteiger partial charge < -0.3 is 14.2 Å². The monoisotopic (exact) mass is 428 g/mol. The van der Waals surface area contributed by atoms with Gasteiger partial charge in [-0.15, -0.1) is 0 Å². The Morgan fingerprint density at radius 2 is 2.03 bits per heavy atom. The maximum atomic E-state index is 6.01. The quantitative estimate of drug-likeness (QED) is 0.293. The zero-order chi connectivity index (χ0) is 20.8. The van der Waals surface area contributed by atoms with Gasteiger partial charge in [0.25, 0.3) is 0 Å². The molecule has 7 nitrogen and oxygen atoms in total. The summed E-state index contributed by atoms with van der Waals surface area (Å²) in [5, 5.41) is 0.935. The van der Waals surface area contributed by atoms with E-state index in [1.807, 2.05) is 34.9 Å². The first kappa shape index (κ1) is 21.0. The average Bonchev–Trinajstić information content (AvgIpc) is 3.27. The van der Waals surface area contributed by atoms with Crippen LogP contribution in [-0.2, 0) is 4.74 Å². The van der Waals surface area contributed by atoms with Crippen LogP contribution in [0.25, 0.3) is 16.9 Å². The van der Waals surface area contributed by atoms with E-state index in [2.05, 4.69) is 16.8 Å². The van der Waals surface area contributed by atoms with Crippen molar-refractivity contribution in [2.24, 2.45) is 0 Å². The van der Waals surface area contributed by atoms with Crippen molar-refractivity contribution < 1.29 is 14.2 Å². The zero-order valence-electron chi connectivity index (χ0n) is 17.5. The molecule has 0 unspecified atom stereocenters. The molecule has 1 fully saturated rings. The van der Waals surface area contributed by atoms with Crippen molar-refractivity contribution in [2.45, 2.75) is 18.5 Å². The Bertz CT molecular complexity index is 972. The lowest BCUT2D eigenvalue weighted by atomic mass is 10.1. The van der Waals surface area contributed by atoms with E-state index >= 15 is 0 Å². The van der Waals surface area contributed by atoms with Crippen LogP contribution in [0.5, 0.6) is 11.5 Å². The van der Waals surface area contributed by atoms with E-state index < -0.39 is 0 Å². The molecule has 0 spiro atoms. The minimum atomic E-state index is 0.655. The zero-order valence-corrected chi connectivity index (χ0v) is 18.4. The van der Waals surface area contributed by atoms with Crippen LogP contribution in [0.15, 0.2) is 41.8 Å². The molecule has 0 amide bonds. The molecule has 0 aliphatic carbocycles. The number of fused-ring (bicyclic) bond motifs is 1. The minimum Gasteiger partial charge on any atom is -0.493 e. The van der Waals surface area contributed by atoms with Gasteiger partial charge in [-0.2, -0.15) is 0 Å². The molecule has 160 valence electrons. The molecule has 0 saturated carbocycles. The Hall–Kier alpha value is -2.29. The smallest absolute Gasteiger partial charge is 0.174 e. The third-order valence-electron chi connectivity index (χ3n) is 5.07. The number of aromatic nitrogens is 3. The largest absolute Gasteiger partial charge is 0.493 e. The lowest BCUT2D eigenvalue weighted by molar-refractivity contribution is 0.0357. The van der Waals surface area contributed by atoms with Gasteiger partial charge >= 0.3 is 0 Å². The van der Waals surface area contributed by atoms with Gasteiger partial charge in [-0.05, 0) is 30.4 Å². The molecular weight excluding hydrogens is 400 g/mol. The Kier molecular flexibility index (Phi) is 7.09. The lowest BCUT2D eigenvalue weighted by Crippen LogP contribution is -2.37. The molecule has 3 heterocycles. The molecule has 4 rings (SSSR count). The first-order chi connectivity index (χ1) is 14.8. The predicted molar refractivity (Wildman–Crippen MR) is 119 cm³/mol. The third kappa shape index (κ3) is 4.88. The minimum absolute atomic E-state index is 0.655. The summed E-state index contributed by atoms with van der Waals surface area (Å²) in [5.74, 6) is 2.42. The number of hydrogen-bond acceptors (Lipinski definition) is 7. The summed E-state index contributed by atoms with van der Waals surface area (Å²) in [4.78, 5) is 11.7. The highest BCUT2D eigenvalue weighted by atomic mass is 32.2. The number of nitrogens with zero attached hydrogens (tertiary/aromatic N) is 4. The number of ether oxygens (including phenoxy) is 3. The number of rotatable bonds is 9. The number of hydrogen-bond donors (Lipinski definition) is 0. The Labute approximate surface area is 181 Å². The molecule has 3 aromatic rings. The van der Waals surface area contributed by atoms with Crippen LogP contribution in [0.4, 0.5) is 0 Å². The standard InChI is InChI=1S/C22H28N4O3S/c1-3-30-22-24-18(16-21-23-7-9-26(21)22)17-5-6-19(20(15-17)27-2)29-12-4-8-25-10-13-28-14-11-25/h5-7,9,15-16H,3-4,8,10-14H2,1-2H3. The van der Waals surface area contributed by atoms with Crippen molar-refractivity contribution in [1.29, 1.82) is 0 Å². The van der Waals surface area contributed by atoms with E-state index in [4.69, 9.17) is 19.2 Å². The van der Waals surface area contributed by atoms with E-state index in [1.54, 1.807) is 25.1 Å². The summed E-state index contributed by atoms with van der Waals surface area (Å²) in [5.41, 5.74) is 2.75. The van der Waals surface area contributed by atoms with E-state index in [0.29, 0.717) is 12.4 Å². The highest BCUT2D eigenvalue weighted by Gasteiger charge is 2.13. The van der Waals surface area contributed by atoms with Crippen molar-refractivity contribution in [3.8, 4) is 22.8 Å². The molecule has 0 radical (unpaired) electrons. The number of methoxy groups -OCH3 is 1. The second kappa shape index (κ2) is 10.1. The summed E-state index contributed by atoms with van der Waals surface area (Å²) < 4.78 is 19.0. The van der Waals surface area contributed by atoms with Crippen molar-refractivity contribution in [1.82, 2.24) is 19.3 Å². The van der Waals surface area contributed by atoms with E-state index in [0.717, 1.165) is 72.8 Å². The number of morpholine rings is 1. The Morgan fingerprint density at radius 3 is 2.83 bits per heavy atom. The number of benzene rings is 1.